The predicted molar refractivity (Wildman–Crippen MR) is 81.0 cm³/mol. The Bertz CT molecular complexity index is 468. The van der Waals surface area contributed by atoms with Crippen LogP contribution in [0.25, 0.3) is 0 Å². The lowest BCUT2D eigenvalue weighted by molar-refractivity contribution is 0.342. The van der Waals surface area contributed by atoms with Crippen molar-refractivity contribution in [2.45, 2.75) is 51.0 Å². The largest absolute Gasteiger partial charge is 0.385 e. The highest BCUT2D eigenvalue weighted by Gasteiger charge is 2.35. The van der Waals surface area contributed by atoms with Gasteiger partial charge in [-0.25, -0.2) is 0 Å². The molecule has 1 aliphatic carbocycles. The lowest BCUT2D eigenvalue weighted by Crippen LogP contribution is -2.34. The molecule has 2 aliphatic heterocycles. The van der Waals surface area contributed by atoms with E-state index in [2.05, 4.69) is 28.4 Å². The SMILES string of the molecule is c1cc2c(cc1N1CCC3CCCCC31)CCCN2. The van der Waals surface area contributed by atoms with E-state index in [9.17, 15) is 0 Å². The summed E-state index contributed by atoms with van der Waals surface area (Å²) in [4.78, 5) is 2.71. The topological polar surface area (TPSA) is 15.3 Å². The zero-order valence-electron chi connectivity index (χ0n) is 11.7. The van der Waals surface area contributed by atoms with Crippen LogP contribution in [-0.2, 0) is 6.42 Å². The molecule has 2 heteroatoms. The van der Waals surface area contributed by atoms with Crippen molar-refractivity contribution in [2.75, 3.05) is 23.3 Å². The first kappa shape index (κ1) is 11.6. The van der Waals surface area contributed by atoms with Crippen molar-refractivity contribution in [3.8, 4) is 0 Å². The van der Waals surface area contributed by atoms with Gasteiger partial charge >= 0.3 is 0 Å². The van der Waals surface area contributed by atoms with Crippen LogP contribution in [0.3, 0.4) is 0 Å². The van der Waals surface area contributed by atoms with Gasteiger partial charge in [0, 0.05) is 30.5 Å². The van der Waals surface area contributed by atoms with Crippen molar-refractivity contribution in [3.63, 3.8) is 0 Å². The molecule has 0 spiro atoms. The second-order valence-electron chi connectivity index (χ2n) is 6.47. The Balaban J connectivity index is 1.61. The Labute approximate surface area is 116 Å². The molecular formula is C17H24N2. The Kier molecular flexibility index (Phi) is 2.90. The molecule has 1 aromatic rings. The zero-order chi connectivity index (χ0) is 12.7. The molecule has 2 heterocycles. The second-order valence-corrected chi connectivity index (χ2v) is 6.47. The van der Waals surface area contributed by atoms with Crippen LogP contribution in [-0.4, -0.2) is 19.1 Å². The van der Waals surface area contributed by atoms with Crippen molar-refractivity contribution in [3.05, 3.63) is 23.8 Å². The van der Waals surface area contributed by atoms with Crippen molar-refractivity contribution in [1.29, 1.82) is 0 Å². The van der Waals surface area contributed by atoms with E-state index in [-0.39, 0.29) is 0 Å². The van der Waals surface area contributed by atoms with Crippen LogP contribution >= 0.6 is 0 Å². The first-order valence-corrected chi connectivity index (χ1v) is 8.05. The van der Waals surface area contributed by atoms with Crippen LogP contribution in [0, 0.1) is 5.92 Å². The highest BCUT2D eigenvalue weighted by Crippen LogP contribution is 2.39. The van der Waals surface area contributed by atoms with Gasteiger partial charge in [-0.2, -0.15) is 0 Å². The van der Waals surface area contributed by atoms with E-state index in [0.29, 0.717) is 0 Å². The highest BCUT2D eigenvalue weighted by atomic mass is 15.2. The molecule has 2 nitrogen and oxygen atoms in total. The van der Waals surface area contributed by atoms with E-state index in [1.807, 2.05) is 0 Å². The molecule has 1 saturated heterocycles. The minimum atomic E-state index is 0.836. The monoisotopic (exact) mass is 256 g/mol. The number of anilines is 2. The maximum Gasteiger partial charge on any atom is 0.0374 e. The molecule has 0 bridgehead atoms. The van der Waals surface area contributed by atoms with Gasteiger partial charge < -0.3 is 10.2 Å². The predicted octanol–water partition coefficient (Wildman–Crippen LogP) is 3.81. The molecule has 0 aromatic heterocycles. The number of hydrogen-bond acceptors (Lipinski definition) is 2. The van der Waals surface area contributed by atoms with E-state index in [1.54, 1.807) is 0 Å². The van der Waals surface area contributed by atoms with Crippen LogP contribution in [0.2, 0.25) is 0 Å². The normalized spacial score (nSPS) is 29.6. The summed E-state index contributed by atoms with van der Waals surface area (Å²) in [5.41, 5.74) is 4.38. The van der Waals surface area contributed by atoms with Gasteiger partial charge in [0.05, 0.1) is 0 Å². The van der Waals surface area contributed by atoms with Gasteiger partial charge in [0.25, 0.3) is 0 Å². The lowest BCUT2D eigenvalue weighted by Gasteiger charge is -2.34. The molecule has 2 fully saturated rings. The maximum atomic E-state index is 3.52. The standard InChI is InChI=1S/C17H24N2/c1-2-6-17-13(4-1)9-11-19(17)15-7-8-16-14(12-15)5-3-10-18-16/h7-8,12-13,17-18H,1-6,9-11H2. The van der Waals surface area contributed by atoms with Crippen LogP contribution in [0.1, 0.15) is 44.1 Å². The fourth-order valence-electron chi connectivity index (χ4n) is 4.37. The number of nitrogens with one attached hydrogen (secondary N) is 1. The van der Waals surface area contributed by atoms with Crippen molar-refractivity contribution in [2.24, 2.45) is 5.92 Å². The lowest BCUT2D eigenvalue weighted by atomic mass is 9.85. The molecule has 1 N–H and O–H groups in total. The molecule has 2 atom stereocenters. The fourth-order valence-corrected chi connectivity index (χ4v) is 4.37. The van der Waals surface area contributed by atoms with Crippen molar-refractivity contribution < 1.29 is 0 Å². The average Bonchev–Trinajstić information content (AvgIpc) is 2.91. The summed E-state index contributed by atoms with van der Waals surface area (Å²) in [5.74, 6) is 0.975. The minimum absolute atomic E-state index is 0.836. The third-order valence-corrected chi connectivity index (χ3v) is 5.37. The van der Waals surface area contributed by atoms with Gasteiger partial charge in [0.15, 0.2) is 0 Å². The maximum absolute atomic E-state index is 3.52. The Hall–Kier alpha value is -1.18. The fraction of sp³-hybridized carbons (Fsp3) is 0.647. The number of fused-ring (bicyclic) bond motifs is 2. The number of hydrogen-bond donors (Lipinski definition) is 1. The molecule has 102 valence electrons. The van der Waals surface area contributed by atoms with Gasteiger partial charge in [0.1, 0.15) is 0 Å². The Morgan fingerprint density at radius 3 is 3.00 bits per heavy atom. The summed E-state index contributed by atoms with van der Waals surface area (Å²) in [5, 5.41) is 3.52. The average molecular weight is 256 g/mol. The molecule has 19 heavy (non-hydrogen) atoms. The quantitative estimate of drug-likeness (QED) is 0.822. The van der Waals surface area contributed by atoms with Crippen LogP contribution in [0.15, 0.2) is 18.2 Å². The van der Waals surface area contributed by atoms with Gasteiger partial charge in [-0.15, -0.1) is 0 Å². The minimum Gasteiger partial charge on any atom is -0.385 e. The summed E-state index contributed by atoms with van der Waals surface area (Å²) in [6, 6.07) is 7.94. The van der Waals surface area contributed by atoms with Crippen LogP contribution in [0.4, 0.5) is 11.4 Å². The van der Waals surface area contributed by atoms with E-state index < -0.39 is 0 Å². The highest BCUT2D eigenvalue weighted by molar-refractivity contribution is 5.62. The molecule has 1 saturated carbocycles. The summed E-state index contributed by atoms with van der Waals surface area (Å²) in [6.07, 6.45) is 9.72. The molecule has 1 aromatic carbocycles. The molecule has 0 radical (unpaired) electrons. The molecule has 4 rings (SSSR count). The number of aryl methyl sites for hydroxylation is 1. The third-order valence-electron chi connectivity index (χ3n) is 5.37. The smallest absolute Gasteiger partial charge is 0.0374 e. The zero-order valence-corrected chi connectivity index (χ0v) is 11.7. The number of benzene rings is 1. The number of rotatable bonds is 1. The Morgan fingerprint density at radius 2 is 2.00 bits per heavy atom. The van der Waals surface area contributed by atoms with Gasteiger partial charge in [-0.1, -0.05) is 12.8 Å². The molecular weight excluding hydrogens is 232 g/mol. The summed E-state index contributed by atoms with van der Waals surface area (Å²) in [6.45, 7) is 2.42. The van der Waals surface area contributed by atoms with Gasteiger partial charge in [0.2, 0.25) is 0 Å². The van der Waals surface area contributed by atoms with Crippen LogP contribution in [0.5, 0.6) is 0 Å². The summed E-state index contributed by atoms with van der Waals surface area (Å²) < 4.78 is 0. The number of nitrogens with zero attached hydrogens (tertiary/aromatic N) is 1. The van der Waals surface area contributed by atoms with E-state index >= 15 is 0 Å². The van der Waals surface area contributed by atoms with Crippen LogP contribution < -0.4 is 10.2 Å². The Morgan fingerprint density at radius 1 is 1.05 bits per heavy atom. The van der Waals surface area contributed by atoms with E-state index in [4.69, 9.17) is 0 Å². The molecule has 0 amide bonds. The van der Waals surface area contributed by atoms with Crippen molar-refractivity contribution in [1.82, 2.24) is 0 Å². The summed E-state index contributed by atoms with van der Waals surface area (Å²) in [7, 11) is 0. The van der Waals surface area contributed by atoms with Crippen molar-refractivity contribution >= 4 is 11.4 Å². The third kappa shape index (κ3) is 2.01. The van der Waals surface area contributed by atoms with E-state index in [1.165, 1.54) is 68.4 Å². The molecule has 3 aliphatic rings. The first-order chi connectivity index (χ1) is 9.42. The molecule has 2 unspecified atom stereocenters. The van der Waals surface area contributed by atoms with Gasteiger partial charge in [-0.05, 0) is 61.8 Å². The summed E-state index contributed by atoms with van der Waals surface area (Å²) >= 11 is 0. The van der Waals surface area contributed by atoms with Gasteiger partial charge in [-0.3, -0.25) is 0 Å². The van der Waals surface area contributed by atoms with E-state index in [0.717, 1.165) is 18.5 Å². The first-order valence-electron chi connectivity index (χ1n) is 8.05. The second kappa shape index (κ2) is 4.73.